The van der Waals surface area contributed by atoms with Gasteiger partial charge in [0.15, 0.2) is 5.82 Å². The number of nitrogens with zero attached hydrogens (tertiary/aromatic N) is 1. The zero-order valence-electron chi connectivity index (χ0n) is 23.2. The number of phenols is 1. The van der Waals surface area contributed by atoms with E-state index in [0.717, 1.165) is 6.42 Å². The van der Waals surface area contributed by atoms with Crippen LogP contribution in [-0.4, -0.2) is 69.1 Å². The zero-order chi connectivity index (χ0) is 31.6. The van der Waals surface area contributed by atoms with E-state index in [4.69, 9.17) is 0 Å². The molecule has 1 saturated carbocycles. The second kappa shape index (κ2) is 12.9. The number of carbonyl (C=O) groups is 4. The largest absolute Gasteiger partial charge is 0.507 e. The highest BCUT2D eigenvalue weighted by Gasteiger charge is 2.41. The van der Waals surface area contributed by atoms with Crippen LogP contribution in [0.3, 0.4) is 0 Å². The standard InChI is InChI=1S/C28H31F4N5O6/c1-11-22(39)16(10-15-18(29)19(30)24(32)37-23(15)31)34-27(42)20(35-26(41)14-8-3-4-9-17(14)38)12(2)33-28(43)21(36-25(11)40)13-6-5-7-13/h3-4,8-9,11-13,16,20-22,38-39H,5-7,10H2,1-2H3,(H,33,43)(H,34,42)(H,35,41)(H,36,40). The number of carbonyl (C=O) groups excluding carboxylic acids is 4. The summed E-state index contributed by atoms with van der Waals surface area (Å²) < 4.78 is 56.5. The summed E-state index contributed by atoms with van der Waals surface area (Å²) >= 11 is 0. The number of aliphatic hydroxyl groups excluding tert-OH is 1. The van der Waals surface area contributed by atoms with Crippen LogP contribution in [0.5, 0.6) is 5.75 Å². The van der Waals surface area contributed by atoms with Crippen LogP contribution in [0.2, 0.25) is 0 Å². The molecule has 6 N–H and O–H groups in total. The first-order valence-electron chi connectivity index (χ1n) is 13.7. The van der Waals surface area contributed by atoms with Gasteiger partial charge >= 0.3 is 0 Å². The van der Waals surface area contributed by atoms with Crippen molar-refractivity contribution in [1.82, 2.24) is 26.3 Å². The Bertz CT molecular complexity index is 1420. The molecule has 4 rings (SSSR count). The molecular formula is C28H31F4N5O6. The number of rotatable bonds is 5. The minimum absolute atomic E-state index is 0.207. The lowest BCUT2D eigenvalue weighted by atomic mass is 9.78. The molecule has 1 aromatic heterocycles. The SMILES string of the molecule is CC1NC(=O)C(C2CCC2)NC(=O)C(C)C(O)C(Cc2c(F)nc(F)c(F)c2F)NC(=O)C1NC(=O)c1ccccc1O. The molecule has 232 valence electrons. The molecule has 4 amide bonds. The lowest BCUT2D eigenvalue weighted by Crippen LogP contribution is -2.64. The molecule has 2 aliphatic rings. The van der Waals surface area contributed by atoms with Gasteiger partial charge < -0.3 is 31.5 Å². The van der Waals surface area contributed by atoms with Gasteiger partial charge in [-0.05, 0) is 37.8 Å². The molecule has 1 aliphatic heterocycles. The highest BCUT2D eigenvalue weighted by molar-refractivity contribution is 6.00. The molecule has 0 bridgehead atoms. The monoisotopic (exact) mass is 609 g/mol. The lowest BCUT2D eigenvalue weighted by Gasteiger charge is -2.37. The molecule has 15 heteroatoms. The van der Waals surface area contributed by atoms with Gasteiger partial charge in [-0.2, -0.15) is 18.2 Å². The zero-order valence-corrected chi connectivity index (χ0v) is 23.2. The molecule has 6 unspecified atom stereocenters. The maximum Gasteiger partial charge on any atom is 0.255 e. The molecule has 2 heterocycles. The Balaban J connectivity index is 1.73. The minimum Gasteiger partial charge on any atom is -0.507 e. The number of pyridine rings is 1. The van der Waals surface area contributed by atoms with Gasteiger partial charge in [-0.15, -0.1) is 0 Å². The first-order chi connectivity index (χ1) is 20.3. The van der Waals surface area contributed by atoms with Crippen molar-refractivity contribution in [1.29, 1.82) is 0 Å². The summed E-state index contributed by atoms with van der Waals surface area (Å²) in [5.41, 5.74) is -1.31. The Labute approximate surface area is 243 Å². The van der Waals surface area contributed by atoms with Gasteiger partial charge in [-0.25, -0.2) is 4.39 Å². The number of para-hydroxylation sites is 1. The van der Waals surface area contributed by atoms with Crippen LogP contribution in [0, 0.1) is 35.4 Å². The third-order valence-corrected chi connectivity index (χ3v) is 7.96. The van der Waals surface area contributed by atoms with E-state index in [0.29, 0.717) is 12.8 Å². The van der Waals surface area contributed by atoms with E-state index in [1.54, 1.807) is 0 Å². The lowest BCUT2D eigenvalue weighted by molar-refractivity contribution is -0.137. The Morgan fingerprint density at radius 1 is 0.953 bits per heavy atom. The number of nitrogens with one attached hydrogen (secondary N) is 4. The summed E-state index contributed by atoms with van der Waals surface area (Å²) in [4.78, 5) is 55.8. The molecule has 1 saturated heterocycles. The Hall–Kier alpha value is -4.27. The van der Waals surface area contributed by atoms with Crippen LogP contribution in [0.15, 0.2) is 24.3 Å². The van der Waals surface area contributed by atoms with Crippen LogP contribution < -0.4 is 21.3 Å². The predicted molar refractivity (Wildman–Crippen MR) is 141 cm³/mol. The van der Waals surface area contributed by atoms with Gasteiger partial charge in [0.1, 0.15) is 17.8 Å². The van der Waals surface area contributed by atoms with Crippen LogP contribution in [0.1, 0.15) is 49.0 Å². The van der Waals surface area contributed by atoms with E-state index < -0.39 is 101 Å². The van der Waals surface area contributed by atoms with Crippen molar-refractivity contribution in [2.24, 2.45) is 11.8 Å². The number of hydrogen-bond acceptors (Lipinski definition) is 7. The highest BCUT2D eigenvalue weighted by atomic mass is 19.2. The van der Waals surface area contributed by atoms with Gasteiger partial charge in [0, 0.05) is 12.0 Å². The number of amides is 4. The fourth-order valence-electron chi connectivity index (χ4n) is 5.10. The van der Waals surface area contributed by atoms with E-state index >= 15 is 0 Å². The summed E-state index contributed by atoms with van der Waals surface area (Å²) in [7, 11) is 0. The maximum absolute atomic E-state index is 14.6. The van der Waals surface area contributed by atoms with Crippen molar-refractivity contribution in [2.75, 3.05) is 0 Å². The van der Waals surface area contributed by atoms with Crippen molar-refractivity contribution in [2.45, 2.75) is 69.8 Å². The molecule has 1 aromatic carbocycles. The van der Waals surface area contributed by atoms with Crippen LogP contribution in [0.25, 0.3) is 0 Å². The molecule has 1 aliphatic carbocycles. The van der Waals surface area contributed by atoms with Crippen LogP contribution >= 0.6 is 0 Å². The van der Waals surface area contributed by atoms with Crippen molar-refractivity contribution < 1.29 is 47.0 Å². The molecule has 2 aromatic rings. The fourth-order valence-corrected chi connectivity index (χ4v) is 5.10. The summed E-state index contributed by atoms with van der Waals surface area (Å²) in [5, 5.41) is 31.2. The summed E-state index contributed by atoms with van der Waals surface area (Å²) in [5.74, 6) is -13.3. The normalized spacial score (nSPS) is 27.1. The van der Waals surface area contributed by atoms with Crippen LogP contribution in [-0.2, 0) is 20.8 Å². The van der Waals surface area contributed by atoms with E-state index in [1.165, 1.54) is 38.1 Å². The van der Waals surface area contributed by atoms with E-state index in [9.17, 15) is 47.0 Å². The Morgan fingerprint density at radius 3 is 2.26 bits per heavy atom. The van der Waals surface area contributed by atoms with E-state index in [1.807, 2.05) is 0 Å². The first-order valence-corrected chi connectivity index (χ1v) is 13.7. The first kappa shape index (κ1) is 31.7. The van der Waals surface area contributed by atoms with Crippen molar-refractivity contribution in [3.63, 3.8) is 0 Å². The second-order valence-corrected chi connectivity index (χ2v) is 10.8. The number of halogens is 4. The number of aromatic hydroxyl groups is 1. The third-order valence-electron chi connectivity index (χ3n) is 7.96. The Kier molecular flexibility index (Phi) is 9.52. The summed E-state index contributed by atoms with van der Waals surface area (Å²) in [6.45, 7) is 2.63. The van der Waals surface area contributed by atoms with Gasteiger partial charge in [0.25, 0.3) is 11.9 Å². The summed E-state index contributed by atoms with van der Waals surface area (Å²) in [6.07, 6.45) is -0.810. The van der Waals surface area contributed by atoms with E-state index in [-0.39, 0.29) is 11.5 Å². The molecule has 43 heavy (non-hydrogen) atoms. The fraction of sp³-hybridized carbons (Fsp3) is 0.464. The number of aliphatic hydroxyl groups is 1. The minimum atomic E-state index is -2.08. The smallest absolute Gasteiger partial charge is 0.255 e. The average molecular weight is 610 g/mol. The maximum atomic E-state index is 14.6. The van der Waals surface area contributed by atoms with Crippen molar-refractivity contribution in [3.8, 4) is 5.75 Å². The molecule has 2 fully saturated rings. The van der Waals surface area contributed by atoms with E-state index in [2.05, 4.69) is 26.3 Å². The molecule has 0 radical (unpaired) electrons. The second-order valence-electron chi connectivity index (χ2n) is 10.8. The Morgan fingerprint density at radius 2 is 1.63 bits per heavy atom. The number of hydrogen-bond donors (Lipinski definition) is 6. The topological polar surface area (TPSA) is 170 Å². The van der Waals surface area contributed by atoms with Gasteiger partial charge in [-0.1, -0.05) is 25.5 Å². The number of aromatic nitrogens is 1. The van der Waals surface area contributed by atoms with Crippen molar-refractivity contribution >= 4 is 23.6 Å². The quantitative estimate of drug-likeness (QED) is 0.217. The van der Waals surface area contributed by atoms with Crippen LogP contribution in [0.4, 0.5) is 17.6 Å². The van der Waals surface area contributed by atoms with Gasteiger partial charge in [0.05, 0.1) is 29.7 Å². The molecule has 11 nitrogen and oxygen atoms in total. The summed E-state index contributed by atoms with van der Waals surface area (Å²) in [6, 6.07) is -0.0632. The molecular weight excluding hydrogens is 578 g/mol. The third kappa shape index (κ3) is 6.71. The van der Waals surface area contributed by atoms with Gasteiger partial charge in [-0.3, -0.25) is 19.2 Å². The number of phenolic OH excluding ortho intramolecular Hbond substituents is 1. The molecule has 0 spiro atoms. The average Bonchev–Trinajstić information content (AvgIpc) is 2.93. The highest BCUT2D eigenvalue weighted by Crippen LogP contribution is 2.30. The van der Waals surface area contributed by atoms with Gasteiger partial charge in [0.2, 0.25) is 29.5 Å². The predicted octanol–water partition coefficient (Wildman–Crippen LogP) is 0.970. The molecule has 6 atom stereocenters. The van der Waals surface area contributed by atoms with Crippen molar-refractivity contribution in [3.05, 3.63) is 58.9 Å². The number of benzene rings is 1.